The summed E-state index contributed by atoms with van der Waals surface area (Å²) < 4.78 is 18.2. The zero-order valence-electron chi connectivity index (χ0n) is 9.27. The van der Waals surface area contributed by atoms with Crippen molar-refractivity contribution in [2.24, 2.45) is 0 Å². The molecule has 0 aliphatic heterocycles. The van der Waals surface area contributed by atoms with E-state index in [-0.39, 0.29) is 12.2 Å². The minimum atomic E-state index is -0.846. The van der Waals surface area contributed by atoms with Crippen molar-refractivity contribution in [1.29, 1.82) is 0 Å². The minimum absolute atomic E-state index is 0.00710. The molecular formula is C13H9ClFNO2. The lowest BCUT2D eigenvalue weighted by Gasteiger charge is -2.06. The van der Waals surface area contributed by atoms with Gasteiger partial charge in [0.25, 0.3) is 0 Å². The second-order valence-corrected chi connectivity index (χ2v) is 3.92. The first-order chi connectivity index (χ1) is 8.68. The predicted octanol–water partition coefficient (Wildman–Crippen LogP) is 3.23. The Labute approximate surface area is 108 Å². The standard InChI is InChI=1S/C13H9ClFNO2/c14-11-6-2-1-4-9(11)8-18-13(17)10-5-3-7-16-12(10)15/h1-7H,8H2. The summed E-state index contributed by atoms with van der Waals surface area (Å²) in [6.45, 7) is -0.00710. The SMILES string of the molecule is O=C(OCc1ccccc1Cl)c1cccnc1F. The van der Waals surface area contributed by atoms with E-state index in [1.807, 2.05) is 0 Å². The smallest absolute Gasteiger partial charge is 0.343 e. The zero-order valence-corrected chi connectivity index (χ0v) is 10.0. The van der Waals surface area contributed by atoms with Crippen molar-refractivity contribution in [1.82, 2.24) is 4.98 Å². The van der Waals surface area contributed by atoms with E-state index in [1.54, 1.807) is 24.3 Å². The molecule has 0 radical (unpaired) electrons. The van der Waals surface area contributed by atoms with Crippen LogP contribution >= 0.6 is 11.6 Å². The summed E-state index contributed by atoms with van der Waals surface area (Å²) in [5, 5.41) is 0.497. The number of carbonyl (C=O) groups excluding carboxylic acids is 1. The average molecular weight is 266 g/mol. The fourth-order valence-corrected chi connectivity index (χ4v) is 1.57. The van der Waals surface area contributed by atoms with Gasteiger partial charge in [0.1, 0.15) is 12.2 Å². The molecule has 18 heavy (non-hydrogen) atoms. The van der Waals surface area contributed by atoms with Gasteiger partial charge in [-0.15, -0.1) is 0 Å². The van der Waals surface area contributed by atoms with Crippen molar-refractivity contribution in [3.05, 3.63) is 64.7 Å². The third-order valence-corrected chi connectivity index (χ3v) is 2.66. The quantitative estimate of drug-likeness (QED) is 0.632. The topological polar surface area (TPSA) is 39.2 Å². The Morgan fingerprint density at radius 2 is 2.06 bits per heavy atom. The molecule has 0 saturated heterocycles. The Kier molecular flexibility index (Phi) is 3.89. The van der Waals surface area contributed by atoms with Crippen LogP contribution in [0.5, 0.6) is 0 Å². The number of nitrogens with zero attached hydrogens (tertiary/aromatic N) is 1. The maximum absolute atomic E-state index is 13.2. The Morgan fingerprint density at radius 1 is 1.28 bits per heavy atom. The second-order valence-electron chi connectivity index (χ2n) is 3.51. The summed E-state index contributed by atoms with van der Waals surface area (Å²) in [6.07, 6.45) is 1.26. The molecule has 0 aliphatic rings. The van der Waals surface area contributed by atoms with Crippen LogP contribution in [0.15, 0.2) is 42.6 Å². The number of aromatic nitrogens is 1. The molecule has 0 aliphatic carbocycles. The zero-order chi connectivity index (χ0) is 13.0. The minimum Gasteiger partial charge on any atom is -0.457 e. The summed E-state index contributed by atoms with van der Waals surface area (Å²) in [5.74, 6) is -1.61. The number of rotatable bonds is 3. The number of pyridine rings is 1. The first-order valence-electron chi connectivity index (χ1n) is 5.19. The molecule has 0 saturated carbocycles. The molecule has 0 N–H and O–H groups in total. The van der Waals surface area contributed by atoms with Crippen LogP contribution in [0, 0.1) is 5.95 Å². The summed E-state index contributed by atoms with van der Waals surface area (Å²) in [7, 11) is 0. The third kappa shape index (κ3) is 2.84. The first kappa shape index (κ1) is 12.5. The largest absolute Gasteiger partial charge is 0.457 e. The summed E-state index contributed by atoms with van der Waals surface area (Å²) in [6, 6.07) is 9.76. The molecule has 0 spiro atoms. The molecule has 5 heteroatoms. The second kappa shape index (κ2) is 5.60. The van der Waals surface area contributed by atoms with Crippen LogP contribution in [0.3, 0.4) is 0 Å². The molecule has 1 heterocycles. The molecule has 3 nitrogen and oxygen atoms in total. The Hall–Kier alpha value is -1.94. The van der Waals surface area contributed by atoms with Gasteiger partial charge >= 0.3 is 5.97 Å². The lowest BCUT2D eigenvalue weighted by atomic mass is 10.2. The van der Waals surface area contributed by atoms with Gasteiger partial charge in [0.05, 0.1) is 0 Å². The molecule has 0 atom stereocenters. The molecule has 0 amide bonds. The summed E-state index contributed by atoms with van der Waals surface area (Å²) >= 11 is 5.91. The van der Waals surface area contributed by atoms with E-state index in [0.717, 1.165) is 0 Å². The summed E-state index contributed by atoms with van der Waals surface area (Å²) in [5.41, 5.74) is 0.473. The van der Waals surface area contributed by atoms with Crippen LogP contribution in [-0.4, -0.2) is 11.0 Å². The van der Waals surface area contributed by atoms with E-state index in [4.69, 9.17) is 16.3 Å². The van der Waals surface area contributed by atoms with E-state index in [2.05, 4.69) is 4.98 Å². The number of hydrogen-bond donors (Lipinski definition) is 0. The van der Waals surface area contributed by atoms with Gasteiger partial charge in [-0.3, -0.25) is 0 Å². The van der Waals surface area contributed by atoms with Gasteiger partial charge in [-0.1, -0.05) is 29.8 Å². The van der Waals surface area contributed by atoms with Crippen LogP contribution in [0.25, 0.3) is 0 Å². The van der Waals surface area contributed by atoms with E-state index >= 15 is 0 Å². The van der Waals surface area contributed by atoms with E-state index < -0.39 is 11.9 Å². The molecule has 2 aromatic rings. The van der Waals surface area contributed by atoms with Crippen molar-refractivity contribution < 1.29 is 13.9 Å². The summed E-state index contributed by atoms with van der Waals surface area (Å²) in [4.78, 5) is 15.0. The molecular weight excluding hydrogens is 257 g/mol. The maximum Gasteiger partial charge on any atom is 0.343 e. The highest BCUT2D eigenvalue weighted by Gasteiger charge is 2.13. The van der Waals surface area contributed by atoms with Crippen LogP contribution in [0.4, 0.5) is 4.39 Å². The van der Waals surface area contributed by atoms with E-state index in [9.17, 15) is 9.18 Å². The fourth-order valence-electron chi connectivity index (χ4n) is 1.37. The number of hydrogen-bond acceptors (Lipinski definition) is 3. The third-order valence-electron chi connectivity index (χ3n) is 2.30. The van der Waals surface area contributed by atoms with Gasteiger partial charge in [-0.05, 0) is 18.2 Å². The molecule has 0 fully saturated rings. The number of esters is 1. The van der Waals surface area contributed by atoms with Crippen molar-refractivity contribution in [2.75, 3.05) is 0 Å². The molecule has 0 unspecified atom stereocenters. The van der Waals surface area contributed by atoms with Crippen LogP contribution in [0.2, 0.25) is 5.02 Å². The van der Waals surface area contributed by atoms with Gasteiger partial charge in [0.2, 0.25) is 5.95 Å². The molecule has 2 rings (SSSR count). The molecule has 0 bridgehead atoms. The number of ether oxygens (including phenoxy) is 1. The van der Waals surface area contributed by atoms with Crippen molar-refractivity contribution in [2.45, 2.75) is 6.61 Å². The fraction of sp³-hybridized carbons (Fsp3) is 0.0769. The Morgan fingerprint density at radius 3 is 2.78 bits per heavy atom. The van der Waals surface area contributed by atoms with Crippen molar-refractivity contribution in [3.63, 3.8) is 0 Å². The molecule has 1 aromatic carbocycles. The highest BCUT2D eigenvalue weighted by atomic mass is 35.5. The van der Waals surface area contributed by atoms with E-state index in [0.29, 0.717) is 10.6 Å². The van der Waals surface area contributed by atoms with Crippen LogP contribution < -0.4 is 0 Å². The van der Waals surface area contributed by atoms with Gasteiger partial charge < -0.3 is 4.74 Å². The monoisotopic (exact) mass is 265 g/mol. The molecule has 1 aromatic heterocycles. The van der Waals surface area contributed by atoms with Gasteiger partial charge in [-0.2, -0.15) is 4.39 Å². The highest BCUT2D eigenvalue weighted by molar-refractivity contribution is 6.31. The Bertz CT molecular complexity index is 574. The van der Waals surface area contributed by atoms with Gasteiger partial charge in [0, 0.05) is 16.8 Å². The highest BCUT2D eigenvalue weighted by Crippen LogP contribution is 2.16. The number of carbonyl (C=O) groups is 1. The average Bonchev–Trinajstić information content (AvgIpc) is 2.38. The van der Waals surface area contributed by atoms with E-state index in [1.165, 1.54) is 18.3 Å². The maximum atomic E-state index is 13.2. The van der Waals surface area contributed by atoms with Crippen molar-refractivity contribution >= 4 is 17.6 Å². The first-order valence-corrected chi connectivity index (χ1v) is 5.57. The Balaban J connectivity index is 2.06. The normalized spacial score (nSPS) is 10.1. The predicted molar refractivity (Wildman–Crippen MR) is 64.8 cm³/mol. The lowest BCUT2D eigenvalue weighted by molar-refractivity contribution is 0.0466. The van der Waals surface area contributed by atoms with Crippen LogP contribution in [-0.2, 0) is 11.3 Å². The van der Waals surface area contributed by atoms with Gasteiger partial charge in [-0.25, -0.2) is 9.78 Å². The van der Waals surface area contributed by atoms with Crippen molar-refractivity contribution in [3.8, 4) is 0 Å². The number of halogens is 2. The van der Waals surface area contributed by atoms with Crippen LogP contribution in [0.1, 0.15) is 15.9 Å². The number of benzene rings is 1. The lowest BCUT2D eigenvalue weighted by Crippen LogP contribution is -2.08. The molecule has 92 valence electrons. The van der Waals surface area contributed by atoms with Gasteiger partial charge in [0.15, 0.2) is 0 Å².